The lowest BCUT2D eigenvalue weighted by Crippen LogP contribution is -2.52. The van der Waals surface area contributed by atoms with Gasteiger partial charge in [-0.15, -0.1) is 0 Å². The van der Waals surface area contributed by atoms with Crippen molar-refractivity contribution in [3.63, 3.8) is 0 Å². The first kappa shape index (κ1) is 30.3. The molecule has 1 amide bonds. The van der Waals surface area contributed by atoms with E-state index in [1.54, 1.807) is 28.0 Å². The minimum absolute atomic E-state index is 0.0153. The largest absolute Gasteiger partial charge is 0.444 e. The zero-order valence-corrected chi connectivity index (χ0v) is 27.7. The number of halogens is 2. The van der Waals surface area contributed by atoms with Crippen LogP contribution in [0.5, 0.6) is 0 Å². The number of rotatable bonds is 4. The summed E-state index contributed by atoms with van der Waals surface area (Å²) in [6, 6.07) is 3.89. The molecule has 0 aliphatic carbocycles. The zero-order valence-electron chi connectivity index (χ0n) is 26.1. The quantitative estimate of drug-likeness (QED) is 0.296. The maximum Gasteiger partial charge on any atom is 0.407 e. The highest BCUT2D eigenvalue weighted by Gasteiger charge is 2.44. The molecule has 1 unspecified atom stereocenters. The number of ether oxygens (including phenoxy) is 2. The van der Waals surface area contributed by atoms with Crippen LogP contribution in [0.2, 0.25) is 10.2 Å². The summed E-state index contributed by atoms with van der Waals surface area (Å²) in [5.41, 5.74) is 1.37. The van der Waals surface area contributed by atoms with E-state index in [9.17, 15) is 9.59 Å². The van der Waals surface area contributed by atoms with E-state index >= 15 is 0 Å². The van der Waals surface area contributed by atoms with E-state index in [0.717, 1.165) is 44.9 Å². The zero-order chi connectivity index (χ0) is 31.8. The van der Waals surface area contributed by atoms with Gasteiger partial charge < -0.3 is 19.7 Å². The molecule has 0 spiro atoms. The predicted octanol–water partition coefficient (Wildman–Crippen LogP) is 5.71. The van der Waals surface area contributed by atoms with Gasteiger partial charge in [-0.25, -0.2) is 9.48 Å². The van der Waals surface area contributed by atoms with Gasteiger partial charge in [0.05, 0.1) is 15.9 Å². The van der Waals surface area contributed by atoms with Crippen LogP contribution in [0.4, 0.5) is 10.7 Å². The molecule has 4 aromatic rings. The molecule has 7 rings (SSSR count). The number of aryl methyl sites for hydroxylation is 1. The summed E-state index contributed by atoms with van der Waals surface area (Å²) < 4.78 is 16.6. The van der Waals surface area contributed by atoms with Crippen molar-refractivity contribution in [3.8, 4) is 11.3 Å². The van der Waals surface area contributed by atoms with Crippen molar-refractivity contribution in [2.45, 2.75) is 95.7 Å². The standard InChI is InChI=1S/C31H38Cl2N8O4/c1-31(2,3)45-30(43)34-16-14-17-9-10-18(15-16)40(17)29-35-27-23(28(42)38(29)4)25(37-41(27)21-8-6-7-13-44-21)19-11-12-20-22(24(19)32)26(33)39(5)36-20/h11-12,16-18,21H,6-10,13-15H2,1-5H3,(H,34,43)/t16-,17+,18-,21?. The van der Waals surface area contributed by atoms with Crippen molar-refractivity contribution in [1.82, 2.24) is 34.4 Å². The third kappa shape index (κ3) is 5.24. The summed E-state index contributed by atoms with van der Waals surface area (Å²) in [4.78, 5) is 34.3. The minimum atomic E-state index is -0.564. The van der Waals surface area contributed by atoms with E-state index in [1.165, 1.54) is 0 Å². The fourth-order valence-corrected chi connectivity index (χ4v) is 7.80. The molecular weight excluding hydrogens is 619 g/mol. The highest BCUT2D eigenvalue weighted by atomic mass is 35.5. The van der Waals surface area contributed by atoms with E-state index in [4.69, 9.17) is 42.8 Å². The third-order valence-electron chi connectivity index (χ3n) is 9.15. The van der Waals surface area contributed by atoms with E-state index in [0.29, 0.717) is 55.9 Å². The number of carbonyl (C=O) groups is 1. The van der Waals surface area contributed by atoms with Crippen molar-refractivity contribution in [3.05, 3.63) is 32.7 Å². The molecule has 1 N–H and O–H groups in total. The summed E-state index contributed by atoms with van der Waals surface area (Å²) in [5.74, 6) is 0.594. The number of fused-ring (bicyclic) bond motifs is 4. The van der Waals surface area contributed by atoms with Gasteiger partial charge in [-0.1, -0.05) is 23.2 Å². The van der Waals surface area contributed by atoms with Crippen LogP contribution in [-0.4, -0.2) is 65.5 Å². The molecule has 2 bridgehead atoms. The molecule has 4 atom stereocenters. The second-order valence-electron chi connectivity index (χ2n) is 13.4. The molecule has 14 heteroatoms. The smallest absolute Gasteiger partial charge is 0.407 e. The summed E-state index contributed by atoms with van der Waals surface area (Å²) in [6.45, 7) is 6.18. The number of hydrogen-bond acceptors (Lipinski definition) is 8. The average molecular weight is 658 g/mol. The third-order valence-corrected chi connectivity index (χ3v) is 9.97. The number of carbonyl (C=O) groups excluding carboxylic acids is 1. The summed E-state index contributed by atoms with van der Waals surface area (Å²) in [6.07, 6.45) is 5.33. The SMILES string of the molecule is Cn1nc2ccc(-c3nn(C4CCCCO4)c4nc(N5[C@@H]6CC[C@H]5C[C@@H](NC(=O)OC(C)(C)C)C6)n(C)c(=O)c34)c(Cl)c2c1Cl. The molecule has 3 aromatic heterocycles. The molecule has 0 saturated carbocycles. The highest BCUT2D eigenvalue weighted by Crippen LogP contribution is 2.42. The van der Waals surface area contributed by atoms with Gasteiger partial charge in [-0.2, -0.15) is 15.2 Å². The average Bonchev–Trinajstić information content (AvgIpc) is 3.59. The Morgan fingerprint density at radius 1 is 1.04 bits per heavy atom. The Balaban J connectivity index is 1.31. The van der Waals surface area contributed by atoms with Gasteiger partial charge in [0.15, 0.2) is 11.9 Å². The molecule has 3 aliphatic heterocycles. The summed E-state index contributed by atoms with van der Waals surface area (Å²) >= 11 is 13.5. The maximum atomic E-state index is 14.3. The molecule has 240 valence electrons. The van der Waals surface area contributed by atoms with Crippen molar-refractivity contribution in [2.24, 2.45) is 14.1 Å². The Kier molecular flexibility index (Phi) is 7.52. The monoisotopic (exact) mass is 656 g/mol. The van der Waals surface area contributed by atoms with Gasteiger partial charge in [0, 0.05) is 44.4 Å². The topological polar surface area (TPSA) is 121 Å². The van der Waals surface area contributed by atoms with Crippen molar-refractivity contribution < 1.29 is 14.3 Å². The van der Waals surface area contributed by atoms with Crippen LogP contribution in [0.15, 0.2) is 16.9 Å². The molecule has 12 nitrogen and oxygen atoms in total. The van der Waals surface area contributed by atoms with Crippen LogP contribution < -0.4 is 15.8 Å². The molecule has 6 heterocycles. The number of nitrogens with one attached hydrogen (secondary N) is 1. The van der Waals surface area contributed by atoms with E-state index in [1.807, 2.05) is 32.9 Å². The Bertz CT molecular complexity index is 1860. The van der Waals surface area contributed by atoms with Crippen LogP contribution in [0, 0.1) is 0 Å². The van der Waals surface area contributed by atoms with Crippen molar-refractivity contribution >= 4 is 57.2 Å². The lowest BCUT2D eigenvalue weighted by atomic mass is 9.98. The number of hydrogen-bond donors (Lipinski definition) is 1. The van der Waals surface area contributed by atoms with E-state index in [2.05, 4.69) is 15.3 Å². The van der Waals surface area contributed by atoms with Crippen LogP contribution in [0.3, 0.4) is 0 Å². The first-order chi connectivity index (χ1) is 21.4. The number of benzene rings is 1. The number of amides is 1. The van der Waals surface area contributed by atoms with Crippen molar-refractivity contribution in [1.29, 1.82) is 0 Å². The molecule has 3 saturated heterocycles. The molecular formula is C31H38Cl2N8O4. The molecule has 1 aromatic carbocycles. The Morgan fingerprint density at radius 2 is 1.78 bits per heavy atom. The second kappa shape index (κ2) is 11.2. The Morgan fingerprint density at radius 3 is 2.44 bits per heavy atom. The van der Waals surface area contributed by atoms with Crippen molar-refractivity contribution in [2.75, 3.05) is 11.5 Å². The van der Waals surface area contributed by atoms with Gasteiger partial charge in [0.25, 0.3) is 5.56 Å². The first-order valence-electron chi connectivity index (χ1n) is 15.6. The lowest BCUT2D eigenvalue weighted by molar-refractivity contribution is -0.0368. The summed E-state index contributed by atoms with van der Waals surface area (Å²) in [7, 11) is 3.52. The number of nitrogens with zero attached hydrogens (tertiary/aromatic N) is 7. The number of anilines is 1. The fraction of sp³-hybridized carbons (Fsp3) is 0.581. The minimum Gasteiger partial charge on any atom is -0.444 e. The van der Waals surface area contributed by atoms with Gasteiger partial charge in [0.2, 0.25) is 5.95 Å². The Hall–Kier alpha value is -3.35. The van der Waals surface area contributed by atoms with Gasteiger partial charge >= 0.3 is 6.09 Å². The maximum absolute atomic E-state index is 14.3. The number of aromatic nitrogens is 6. The predicted molar refractivity (Wildman–Crippen MR) is 173 cm³/mol. The number of piperidine rings is 1. The number of alkyl carbamates (subject to hydrolysis) is 1. The van der Waals surface area contributed by atoms with Crippen LogP contribution in [-0.2, 0) is 23.6 Å². The summed E-state index contributed by atoms with van der Waals surface area (Å²) in [5, 5.41) is 14.3. The highest BCUT2D eigenvalue weighted by molar-refractivity contribution is 6.43. The van der Waals surface area contributed by atoms with Crippen LogP contribution in [0.25, 0.3) is 33.2 Å². The molecule has 3 aliphatic rings. The second-order valence-corrected chi connectivity index (χ2v) is 14.2. The Labute approximate surface area is 270 Å². The molecule has 0 radical (unpaired) electrons. The normalized spacial score (nSPS) is 23.7. The van der Waals surface area contributed by atoms with Crippen LogP contribution >= 0.6 is 23.2 Å². The van der Waals surface area contributed by atoms with Gasteiger partial charge in [0.1, 0.15) is 21.8 Å². The van der Waals surface area contributed by atoms with Crippen LogP contribution in [0.1, 0.15) is 71.9 Å². The lowest BCUT2D eigenvalue weighted by Gasteiger charge is -2.40. The van der Waals surface area contributed by atoms with Gasteiger partial charge in [-0.3, -0.25) is 14.0 Å². The first-order valence-corrected chi connectivity index (χ1v) is 16.4. The molecule has 3 fully saturated rings. The van der Waals surface area contributed by atoms with E-state index < -0.39 is 11.7 Å². The molecule has 45 heavy (non-hydrogen) atoms. The fourth-order valence-electron chi connectivity index (χ4n) is 7.19. The van der Waals surface area contributed by atoms with E-state index in [-0.39, 0.29) is 29.9 Å². The van der Waals surface area contributed by atoms with Gasteiger partial charge in [-0.05, 0) is 77.8 Å².